The first-order valence-corrected chi connectivity index (χ1v) is 9.06. The van der Waals surface area contributed by atoms with Gasteiger partial charge in [0.2, 0.25) is 5.91 Å². The van der Waals surface area contributed by atoms with Gasteiger partial charge in [-0.25, -0.2) is 0 Å². The van der Waals surface area contributed by atoms with Crippen LogP contribution in [0.3, 0.4) is 0 Å². The molecule has 0 saturated carbocycles. The van der Waals surface area contributed by atoms with Gasteiger partial charge in [-0.15, -0.1) is 11.6 Å². The molecule has 3 aliphatic rings. The summed E-state index contributed by atoms with van der Waals surface area (Å²) in [5.74, 6) is 0.731. The summed E-state index contributed by atoms with van der Waals surface area (Å²) in [7, 11) is 0. The third-order valence-electron chi connectivity index (χ3n) is 4.93. The number of piperazine rings is 1. The first-order valence-electron chi connectivity index (χ1n) is 8.62. The molecule has 132 valence electrons. The van der Waals surface area contributed by atoms with Crippen LogP contribution in [0.2, 0.25) is 0 Å². The monoisotopic (exact) mass is 345 g/mol. The molecule has 4 unspecified atom stereocenters. The van der Waals surface area contributed by atoms with E-state index in [-0.39, 0.29) is 29.8 Å². The molecule has 3 fully saturated rings. The lowest BCUT2D eigenvalue weighted by Gasteiger charge is -2.38. The number of piperidine rings is 1. The molecule has 3 N–H and O–H groups in total. The van der Waals surface area contributed by atoms with Crippen LogP contribution < -0.4 is 16.1 Å². The van der Waals surface area contributed by atoms with Crippen LogP contribution in [0, 0.1) is 11.8 Å². The Hall–Kier alpha value is -0.440. The lowest BCUT2D eigenvalue weighted by Crippen LogP contribution is -2.58. The highest BCUT2D eigenvalue weighted by Gasteiger charge is 2.37. The zero-order valence-corrected chi connectivity index (χ0v) is 14.7. The normalized spacial score (nSPS) is 36.6. The van der Waals surface area contributed by atoms with E-state index >= 15 is 0 Å². The number of carbonyl (C=O) groups is 1. The van der Waals surface area contributed by atoms with Gasteiger partial charge in [0.25, 0.3) is 0 Å². The predicted octanol–water partition coefficient (Wildman–Crippen LogP) is 0.0852. The van der Waals surface area contributed by atoms with Crippen molar-refractivity contribution < 1.29 is 9.63 Å². The summed E-state index contributed by atoms with van der Waals surface area (Å²) in [6, 6.07) is 0. The van der Waals surface area contributed by atoms with Gasteiger partial charge in [-0.2, -0.15) is 5.48 Å². The molecule has 3 aliphatic heterocycles. The van der Waals surface area contributed by atoms with Gasteiger partial charge in [-0.1, -0.05) is 13.8 Å². The largest absolute Gasteiger partial charge is 0.340 e. The zero-order valence-electron chi connectivity index (χ0n) is 13.9. The van der Waals surface area contributed by atoms with E-state index in [9.17, 15) is 4.79 Å². The van der Waals surface area contributed by atoms with Crippen molar-refractivity contribution in [2.24, 2.45) is 11.8 Å². The van der Waals surface area contributed by atoms with Crippen LogP contribution in [0.1, 0.15) is 26.7 Å². The van der Waals surface area contributed by atoms with Gasteiger partial charge in [0, 0.05) is 38.0 Å². The van der Waals surface area contributed by atoms with Crippen LogP contribution in [0.4, 0.5) is 0 Å². The van der Waals surface area contributed by atoms with E-state index in [1.165, 1.54) is 0 Å². The summed E-state index contributed by atoms with van der Waals surface area (Å²) >= 11 is 6.18. The fourth-order valence-electron chi connectivity index (χ4n) is 3.51. The summed E-state index contributed by atoms with van der Waals surface area (Å²) in [4.78, 5) is 22.1. The lowest BCUT2D eigenvalue weighted by atomic mass is 9.96. The Bertz CT molecular complexity index is 417. The molecule has 1 amide bonds. The third kappa shape index (κ3) is 4.15. The molecule has 23 heavy (non-hydrogen) atoms. The molecule has 0 aromatic heterocycles. The number of alkyl halides is 1. The maximum Gasteiger partial charge on any atom is 0.225 e. The van der Waals surface area contributed by atoms with Gasteiger partial charge in [0.15, 0.2) is 0 Å². The summed E-state index contributed by atoms with van der Waals surface area (Å²) in [5.41, 5.74) is 3.13. The second-order valence-electron chi connectivity index (χ2n) is 6.95. The predicted molar refractivity (Wildman–Crippen MR) is 88.3 cm³/mol. The molecule has 3 rings (SSSR count). The summed E-state index contributed by atoms with van der Waals surface area (Å²) < 4.78 is 0. The molecule has 7 nitrogen and oxygen atoms in total. The Morgan fingerprint density at radius 3 is 2.65 bits per heavy atom. The smallest absolute Gasteiger partial charge is 0.225 e. The summed E-state index contributed by atoms with van der Waals surface area (Å²) in [6.07, 6.45) is 1.98. The fraction of sp³-hybridized carbons (Fsp3) is 0.933. The minimum Gasteiger partial charge on any atom is -0.340 e. The van der Waals surface area contributed by atoms with Crippen molar-refractivity contribution in [3.63, 3.8) is 0 Å². The van der Waals surface area contributed by atoms with E-state index in [0.29, 0.717) is 5.92 Å². The van der Waals surface area contributed by atoms with Crippen molar-refractivity contribution in [3.05, 3.63) is 0 Å². The van der Waals surface area contributed by atoms with Crippen LogP contribution in [-0.4, -0.2) is 66.4 Å². The van der Waals surface area contributed by atoms with Gasteiger partial charge >= 0.3 is 0 Å². The number of halogens is 1. The van der Waals surface area contributed by atoms with E-state index < -0.39 is 0 Å². The van der Waals surface area contributed by atoms with Gasteiger partial charge in [0.05, 0.1) is 5.50 Å². The Kier molecular flexibility index (Phi) is 5.77. The van der Waals surface area contributed by atoms with Crippen molar-refractivity contribution in [1.29, 1.82) is 0 Å². The molecular formula is C15H28ClN5O2. The van der Waals surface area contributed by atoms with Crippen molar-refractivity contribution in [3.8, 4) is 0 Å². The molecule has 0 aromatic rings. The van der Waals surface area contributed by atoms with Gasteiger partial charge in [-0.3, -0.25) is 19.8 Å². The van der Waals surface area contributed by atoms with Crippen molar-refractivity contribution in [2.45, 2.75) is 44.7 Å². The summed E-state index contributed by atoms with van der Waals surface area (Å²) in [5, 5.41) is 6.77. The quantitative estimate of drug-likeness (QED) is 0.497. The van der Waals surface area contributed by atoms with E-state index in [1.807, 2.05) is 18.7 Å². The standard InChI is InChI=1S/C15H28ClN5O2/c1-10(2)14(22)20-5-7-21(8-6-20)15-18-13(23-19-15)11-3-4-17-12(16)9-11/h10-13,15,17-19H,3-9H2,1-2H3. The molecule has 0 aliphatic carbocycles. The van der Waals surface area contributed by atoms with Crippen molar-refractivity contribution in [1.82, 2.24) is 25.9 Å². The summed E-state index contributed by atoms with van der Waals surface area (Å²) in [6.45, 7) is 8.10. The second kappa shape index (κ2) is 7.63. The number of nitrogens with zero attached hydrogens (tertiary/aromatic N) is 2. The average Bonchev–Trinajstić information content (AvgIpc) is 3.04. The van der Waals surface area contributed by atoms with Crippen LogP contribution in [0.15, 0.2) is 0 Å². The van der Waals surface area contributed by atoms with Crippen LogP contribution >= 0.6 is 11.6 Å². The minimum atomic E-state index is -0.00123. The molecule has 0 bridgehead atoms. The van der Waals surface area contributed by atoms with Crippen LogP contribution in [0.5, 0.6) is 0 Å². The highest BCUT2D eigenvalue weighted by Crippen LogP contribution is 2.24. The van der Waals surface area contributed by atoms with Gasteiger partial charge in [-0.05, 0) is 19.4 Å². The second-order valence-corrected chi connectivity index (χ2v) is 7.47. The number of rotatable bonds is 3. The first kappa shape index (κ1) is 17.4. The molecule has 0 radical (unpaired) electrons. The van der Waals surface area contributed by atoms with Crippen molar-refractivity contribution in [2.75, 3.05) is 32.7 Å². The maximum absolute atomic E-state index is 12.0. The molecule has 4 atom stereocenters. The maximum atomic E-state index is 12.0. The van der Waals surface area contributed by atoms with E-state index in [2.05, 4.69) is 21.0 Å². The van der Waals surface area contributed by atoms with E-state index in [1.54, 1.807) is 0 Å². The number of hydrogen-bond donors (Lipinski definition) is 3. The van der Waals surface area contributed by atoms with Gasteiger partial charge in [0.1, 0.15) is 12.5 Å². The lowest BCUT2D eigenvalue weighted by molar-refractivity contribution is -0.136. The number of nitrogens with one attached hydrogen (secondary N) is 3. The molecule has 0 aromatic carbocycles. The number of hydroxylamine groups is 1. The Labute approximate surface area is 143 Å². The molecule has 8 heteroatoms. The van der Waals surface area contributed by atoms with Crippen molar-refractivity contribution >= 4 is 17.5 Å². The molecular weight excluding hydrogens is 318 g/mol. The SMILES string of the molecule is CC(C)C(=O)N1CCN(C2NOC(C3CCNC(Cl)C3)N2)CC1. The molecule has 3 heterocycles. The number of amides is 1. The average molecular weight is 346 g/mol. The van der Waals surface area contributed by atoms with Gasteiger partial charge < -0.3 is 10.2 Å². The Morgan fingerprint density at radius 2 is 2.00 bits per heavy atom. The highest BCUT2D eigenvalue weighted by atomic mass is 35.5. The molecule has 0 spiro atoms. The fourth-order valence-corrected chi connectivity index (χ4v) is 3.84. The van der Waals surface area contributed by atoms with E-state index in [0.717, 1.165) is 45.6 Å². The topological polar surface area (TPSA) is 68.9 Å². The third-order valence-corrected chi connectivity index (χ3v) is 5.27. The minimum absolute atomic E-state index is 0.00123. The zero-order chi connectivity index (χ0) is 16.4. The molecule has 3 saturated heterocycles. The van der Waals surface area contributed by atoms with Crippen LogP contribution in [0.25, 0.3) is 0 Å². The van der Waals surface area contributed by atoms with E-state index in [4.69, 9.17) is 16.4 Å². The Balaban J connectivity index is 1.46. The first-order chi connectivity index (χ1) is 11.0. The number of carbonyl (C=O) groups excluding carboxylic acids is 1. The van der Waals surface area contributed by atoms with Crippen LogP contribution in [-0.2, 0) is 9.63 Å². The number of hydrogen-bond acceptors (Lipinski definition) is 6. The highest BCUT2D eigenvalue weighted by molar-refractivity contribution is 6.20. The Morgan fingerprint density at radius 1 is 1.26 bits per heavy atom.